The van der Waals surface area contributed by atoms with Gasteiger partial charge in [0.15, 0.2) is 0 Å². The first-order chi connectivity index (χ1) is 12.5. The Labute approximate surface area is 150 Å². The third-order valence-electron chi connectivity index (χ3n) is 3.43. The van der Waals surface area contributed by atoms with Crippen molar-refractivity contribution in [2.75, 3.05) is 17.2 Å². The highest BCUT2D eigenvalue weighted by Crippen LogP contribution is 2.17. The largest absolute Gasteiger partial charge is 0.462 e. The minimum absolute atomic E-state index is 0.159. The number of para-hydroxylation sites is 1. The lowest BCUT2D eigenvalue weighted by Crippen LogP contribution is -2.29. The van der Waals surface area contributed by atoms with Gasteiger partial charge in [0, 0.05) is 5.69 Å². The molecule has 0 unspecified atom stereocenters. The van der Waals surface area contributed by atoms with Crippen LogP contribution < -0.4 is 10.6 Å². The maximum absolute atomic E-state index is 12.9. The lowest BCUT2D eigenvalue weighted by atomic mass is 10.1. The summed E-state index contributed by atoms with van der Waals surface area (Å²) < 4.78 is 18.0. The molecule has 0 radical (unpaired) electrons. The van der Waals surface area contributed by atoms with Crippen LogP contribution in [-0.4, -0.2) is 24.4 Å². The Kier molecular flexibility index (Phi) is 6.84. The molecule has 0 saturated heterocycles. The zero-order chi connectivity index (χ0) is 18.9. The molecule has 0 aliphatic rings. The molecule has 0 spiro atoms. The van der Waals surface area contributed by atoms with Crippen molar-refractivity contribution in [3.63, 3.8) is 0 Å². The molecular formula is C19H19FN2O4. The first-order valence-corrected chi connectivity index (χ1v) is 8.15. The van der Waals surface area contributed by atoms with Gasteiger partial charge in [0.05, 0.1) is 17.9 Å². The molecule has 0 fully saturated rings. The summed E-state index contributed by atoms with van der Waals surface area (Å²) >= 11 is 0. The average Bonchev–Trinajstić information content (AvgIpc) is 2.64. The fraction of sp³-hybridized carbons (Fsp3) is 0.211. The van der Waals surface area contributed by atoms with E-state index in [1.54, 1.807) is 12.1 Å². The summed E-state index contributed by atoms with van der Waals surface area (Å²) in [6, 6.07) is 11.2. The molecule has 2 aromatic carbocycles. The monoisotopic (exact) mass is 358 g/mol. The summed E-state index contributed by atoms with van der Waals surface area (Å²) in [5.41, 5.74) is 0.610. The highest BCUT2D eigenvalue weighted by Gasteiger charge is 2.18. The zero-order valence-corrected chi connectivity index (χ0v) is 14.3. The normalized spacial score (nSPS) is 10.1. The molecule has 0 aromatic heterocycles. The lowest BCUT2D eigenvalue weighted by Gasteiger charge is -2.11. The van der Waals surface area contributed by atoms with Crippen molar-refractivity contribution in [3.05, 3.63) is 59.9 Å². The number of carbonyl (C=O) groups excluding carboxylic acids is 3. The van der Waals surface area contributed by atoms with Crippen molar-refractivity contribution < 1.29 is 23.5 Å². The minimum atomic E-state index is -0.955. The third-order valence-corrected chi connectivity index (χ3v) is 3.43. The number of esters is 1. The van der Waals surface area contributed by atoms with Crippen molar-refractivity contribution in [2.24, 2.45) is 0 Å². The van der Waals surface area contributed by atoms with E-state index in [1.807, 2.05) is 6.92 Å². The summed E-state index contributed by atoms with van der Waals surface area (Å²) in [5, 5.41) is 4.73. The number of unbranched alkanes of at least 4 members (excludes halogenated alkanes) is 1. The van der Waals surface area contributed by atoms with E-state index in [-0.39, 0.29) is 23.5 Å². The Bertz CT molecular complexity index is 790. The van der Waals surface area contributed by atoms with Gasteiger partial charge in [-0.3, -0.25) is 9.59 Å². The molecule has 136 valence electrons. The molecule has 7 heteroatoms. The quantitative estimate of drug-likeness (QED) is 0.471. The Morgan fingerprint density at radius 3 is 2.31 bits per heavy atom. The number of carbonyl (C=O) groups is 3. The van der Waals surface area contributed by atoms with Crippen molar-refractivity contribution in [1.82, 2.24) is 0 Å². The van der Waals surface area contributed by atoms with E-state index in [1.165, 1.54) is 24.3 Å². The van der Waals surface area contributed by atoms with Crippen molar-refractivity contribution in [2.45, 2.75) is 19.8 Å². The van der Waals surface area contributed by atoms with Crippen molar-refractivity contribution in [1.29, 1.82) is 0 Å². The molecule has 6 nitrogen and oxygen atoms in total. The minimum Gasteiger partial charge on any atom is -0.462 e. The number of nitrogens with one attached hydrogen (secondary N) is 2. The average molecular weight is 358 g/mol. The number of benzene rings is 2. The van der Waals surface area contributed by atoms with Crippen LogP contribution in [0.3, 0.4) is 0 Å². The fourth-order valence-electron chi connectivity index (χ4n) is 2.06. The Morgan fingerprint density at radius 1 is 0.962 bits per heavy atom. The van der Waals surface area contributed by atoms with Crippen LogP contribution in [-0.2, 0) is 14.3 Å². The number of hydrogen-bond donors (Lipinski definition) is 2. The second-order valence-electron chi connectivity index (χ2n) is 5.45. The van der Waals surface area contributed by atoms with E-state index in [9.17, 15) is 18.8 Å². The molecule has 0 bridgehead atoms. The SMILES string of the molecule is CCCCOC(=O)c1ccccc1NC(=O)C(=O)Nc1ccc(F)cc1. The van der Waals surface area contributed by atoms with Crippen molar-refractivity contribution >= 4 is 29.2 Å². The molecular weight excluding hydrogens is 339 g/mol. The lowest BCUT2D eigenvalue weighted by molar-refractivity contribution is -0.133. The van der Waals surface area contributed by atoms with Crippen LogP contribution in [0.25, 0.3) is 0 Å². The van der Waals surface area contributed by atoms with Crippen LogP contribution in [0.15, 0.2) is 48.5 Å². The standard InChI is InChI=1S/C19H19FN2O4/c1-2-3-12-26-19(25)15-6-4-5-7-16(15)22-18(24)17(23)21-14-10-8-13(20)9-11-14/h4-11H,2-3,12H2,1H3,(H,21,23)(H,22,24). The molecule has 26 heavy (non-hydrogen) atoms. The van der Waals surface area contributed by atoms with E-state index in [0.717, 1.165) is 25.0 Å². The number of anilines is 2. The van der Waals surface area contributed by atoms with Crippen molar-refractivity contribution in [3.8, 4) is 0 Å². The maximum Gasteiger partial charge on any atom is 0.340 e. The number of ether oxygens (including phenoxy) is 1. The first kappa shape index (κ1) is 19.1. The predicted molar refractivity (Wildman–Crippen MR) is 95.3 cm³/mol. The van der Waals surface area contributed by atoms with Crippen LogP contribution in [0.5, 0.6) is 0 Å². The van der Waals surface area contributed by atoms with E-state index < -0.39 is 23.6 Å². The predicted octanol–water partition coefficient (Wildman–Crippen LogP) is 3.36. The number of rotatable bonds is 6. The van der Waals surface area contributed by atoms with Gasteiger partial charge in [-0.05, 0) is 42.8 Å². The molecule has 0 atom stereocenters. The Morgan fingerprint density at radius 2 is 1.62 bits per heavy atom. The third kappa shape index (κ3) is 5.41. The Hall–Kier alpha value is -3.22. The maximum atomic E-state index is 12.9. The van der Waals surface area contributed by atoms with Crippen LogP contribution in [0.4, 0.5) is 15.8 Å². The molecule has 0 heterocycles. The van der Waals surface area contributed by atoms with Gasteiger partial charge < -0.3 is 15.4 Å². The van der Waals surface area contributed by atoms with Gasteiger partial charge in [-0.1, -0.05) is 25.5 Å². The summed E-state index contributed by atoms with van der Waals surface area (Å²) in [6.07, 6.45) is 1.62. The van der Waals surface area contributed by atoms with Gasteiger partial charge in [-0.15, -0.1) is 0 Å². The van der Waals surface area contributed by atoms with Gasteiger partial charge >= 0.3 is 17.8 Å². The smallest absolute Gasteiger partial charge is 0.340 e. The molecule has 0 saturated carbocycles. The molecule has 2 aromatic rings. The van der Waals surface area contributed by atoms with E-state index >= 15 is 0 Å². The zero-order valence-electron chi connectivity index (χ0n) is 14.3. The number of halogens is 1. The number of amides is 2. The Balaban J connectivity index is 2.02. The summed E-state index contributed by atoms with van der Waals surface area (Å²) in [4.78, 5) is 36.1. The summed E-state index contributed by atoms with van der Waals surface area (Å²) in [6.45, 7) is 2.25. The van der Waals surface area contributed by atoms with Crippen LogP contribution in [0.1, 0.15) is 30.1 Å². The molecule has 2 N–H and O–H groups in total. The van der Waals surface area contributed by atoms with E-state index in [2.05, 4.69) is 10.6 Å². The van der Waals surface area contributed by atoms with Gasteiger partial charge in [-0.2, -0.15) is 0 Å². The second-order valence-corrected chi connectivity index (χ2v) is 5.45. The van der Waals surface area contributed by atoms with Crippen LogP contribution in [0.2, 0.25) is 0 Å². The van der Waals surface area contributed by atoms with Crippen LogP contribution in [0, 0.1) is 5.82 Å². The second kappa shape index (κ2) is 9.31. The fourth-order valence-corrected chi connectivity index (χ4v) is 2.06. The highest BCUT2D eigenvalue weighted by atomic mass is 19.1. The molecule has 0 aliphatic heterocycles. The van der Waals surface area contributed by atoms with Gasteiger partial charge in [0.25, 0.3) is 0 Å². The van der Waals surface area contributed by atoms with E-state index in [4.69, 9.17) is 4.74 Å². The first-order valence-electron chi connectivity index (χ1n) is 8.15. The molecule has 2 amide bonds. The van der Waals surface area contributed by atoms with Crippen LogP contribution >= 0.6 is 0 Å². The highest BCUT2D eigenvalue weighted by molar-refractivity contribution is 6.43. The summed E-state index contributed by atoms with van der Waals surface area (Å²) in [7, 11) is 0. The van der Waals surface area contributed by atoms with Gasteiger partial charge in [0.2, 0.25) is 0 Å². The van der Waals surface area contributed by atoms with Gasteiger partial charge in [-0.25, -0.2) is 9.18 Å². The summed E-state index contributed by atoms with van der Waals surface area (Å²) in [5.74, 6) is -2.93. The van der Waals surface area contributed by atoms with Gasteiger partial charge in [0.1, 0.15) is 5.82 Å². The topological polar surface area (TPSA) is 84.5 Å². The molecule has 2 rings (SSSR count). The van der Waals surface area contributed by atoms with E-state index in [0.29, 0.717) is 0 Å². The number of hydrogen-bond acceptors (Lipinski definition) is 4. The molecule has 0 aliphatic carbocycles.